The molecule has 1 fully saturated rings. The van der Waals surface area contributed by atoms with Gasteiger partial charge in [0.1, 0.15) is 0 Å². The summed E-state index contributed by atoms with van der Waals surface area (Å²) in [7, 11) is 0. The maximum Gasteiger partial charge on any atom is 0.311 e. The number of rotatable bonds is 5. The van der Waals surface area contributed by atoms with E-state index >= 15 is 0 Å². The monoisotopic (exact) mass is 328 g/mol. The van der Waals surface area contributed by atoms with Gasteiger partial charge in [-0.1, -0.05) is 0 Å². The molecule has 0 unspecified atom stereocenters. The molecule has 2 N–H and O–H groups in total. The molecule has 120 valence electrons. The standard InChI is InChI=1S/C13H16N4O4.ClH/c18-12-4-3-10(7-11(12)17(20)21)8-14-15-13(19)9-16-5-1-2-6-16;/h3-4,7-8,18H,1-2,5-6,9H2,(H,15,19);1H. The topological polar surface area (TPSA) is 108 Å². The second-order valence-electron chi connectivity index (χ2n) is 4.78. The fourth-order valence-corrected chi connectivity index (χ4v) is 2.12. The number of nitrogens with zero attached hydrogens (tertiary/aromatic N) is 3. The van der Waals surface area contributed by atoms with Crippen molar-refractivity contribution in [1.82, 2.24) is 10.3 Å². The number of phenols is 1. The molecule has 2 rings (SSSR count). The number of hydrogen-bond acceptors (Lipinski definition) is 6. The van der Waals surface area contributed by atoms with Gasteiger partial charge in [-0.05, 0) is 38.1 Å². The summed E-state index contributed by atoms with van der Waals surface area (Å²) in [6, 6.07) is 3.87. The Bertz CT molecular complexity index is 573. The van der Waals surface area contributed by atoms with Crippen LogP contribution in [-0.2, 0) is 4.79 Å². The molecule has 0 aliphatic carbocycles. The van der Waals surface area contributed by atoms with Crippen LogP contribution >= 0.6 is 12.4 Å². The van der Waals surface area contributed by atoms with Gasteiger partial charge in [-0.2, -0.15) is 5.10 Å². The van der Waals surface area contributed by atoms with Crippen molar-refractivity contribution in [3.8, 4) is 5.75 Å². The van der Waals surface area contributed by atoms with Gasteiger partial charge >= 0.3 is 5.69 Å². The van der Waals surface area contributed by atoms with Crippen LogP contribution in [0.2, 0.25) is 0 Å². The molecule has 1 saturated heterocycles. The maximum atomic E-state index is 11.6. The molecule has 0 aromatic heterocycles. The van der Waals surface area contributed by atoms with Crippen molar-refractivity contribution in [2.75, 3.05) is 19.6 Å². The summed E-state index contributed by atoms with van der Waals surface area (Å²) in [5.74, 6) is -0.628. The molecular weight excluding hydrogens is 312 g/mol. The molecule has 0 atom stereocenters. The second kappa shape index (κ2) is 8.30. The minimum Gasteiger partial charge on any atom is -0.502 e. The normalized spacial score (nSPS) is 14.7. The molecule has 1 aromatic carbocycles. The fraction of sp³-hybridized carbons (Fsp3) is 0.385. The summed E-state index contributed by atoms with van der Waals surface area (Å²) in [5.41, 5.74) is 2.39. The zero-order valence-electron chi connectivity index (χ0n) is 11.8. The van der Waals surface area contributed by atoms with Gasteiger partial charge in [0.25, 0.3) is 5.91 Å². The number of nitrogens with one attached hydrogen (secondary N) is 1. The predicted octanol–water partition coefficient (Wildman–Crippen LogP) is 1.27. The molecule has 0 bridgehead atoms. The van der Waals surface area contributed by atoms with E-state index in [0.717, 1.165) is 25.9 Å². The van der Waals surface area contributed by atoms with Gasteiger partial charge in [0.15, 0.2) is 5.75 Å². The summed E-state index contributed by atoms with van der Waals surface area (Å²) in [4.78, 5) is 23.6. The molecule has 1 aliphatic heterocycles. The van der Waals surface area contributed by atoms with Crippen LogP contribution in [0.15, 0.2) is 23.3 Å². The van der Waals surface area contributed by atoms with Gasteiger partial charge < -0.3 is 5.11 Å². The second-order valence-corrected chi connectivity index (χ2v) is 4.78. The smallest absolute Gasteiger partial charge is 0.311 e. The molecule has 1 heterocycles. The first kappa shape index (κ1) is 17.9. The summed E-state index contributed by atoms with van der Waals surface area (Å²) in [6.45, 7) is 2.13. The summed E-state index contributed by atoms with van der Waals surface area (Å²) >= 11 is 0. The van der Waals surface area contributed by atoms with E-state index < -0.39 is 16.4 Å². The first-order chi connectivity index (χ1) is 10.1. The molecular formula is C13H17ClN4O4. The van der Waals surface area contributed by atoms with Crippen LogP contribution in [0, 0.1) is 10.1 Å². The third kappa shape index (κ3) is 4.97. The van der Waals surface area contributed by atoms with E-state index in [-0.39, 0.29) is 18.3 Å². The summed E-state index contributed by atoms with van der Waals surface area (Å²) < 4.78 is 0. The van der Waals surface area contributed by atoms with Gasteiger partial charge in [-0.3, -0.25) is 19.8 Å². The van der Waals surface area contributed by atoms with E-state index in [9.17, 15) is 20.0 Å². The van der Waals surface area contributed by atoms with E-state index in [1.807, 2.05) is 4.90 Å². The predicted molar refractivity (Wildman–Crippen MR) is 83.4 cm³/mol. The number of likely N-dealkylation sites (tertiary alicyclic amines) is 1. The third-order valence-corrected chi connectivity index (χ3v) is 3.16. The number of hydrazone groups is 1. The number of halogens is 1. The van der Waals surface area contributed by atoms with Crippen molar-refractivity contribution in [1.29, 1.82) is 0 Å². The summed E-state index contributed by atoms with van der Waals surface area (Å²) in [6.07, 6.45) is 3.51. The highest BCUT2D eigenvalue weighted by Gasteiger charge is 2.15. The number of carbonyl (C=O) groups is 1. The molecule has 9 heteroatoms. The lowest BCUT2D eigenvalue weighted by atomic mass is 10.2. The number of amides is 1. The Labute approximate surface area is 133 Å². The highest BCUT2D eigenvalue weighted by atomic mass is 35.5. The quantitative estimate of drug-likeness (QED) is 0.480. The largest absolute Gasteiger partial charge is 0.502 e. The Kier molecular flexibility index (Phi) is 6.74. The average molecular weight is 329 g/mol. The Morgan fingerprint density at radius 1 is 1.45 bits per heavy atom. The zero-order valence-corrected chi connectivity index (χ0v) is 12.6. The molecule has 22 heavy (non-hydrogen) atoms. The minimum atomic E-state index is -0.682. The Hall–Kier alpha value is -2.19. The number of aromatic hydroxyl groups is 1. The van der Waals surface area contributed by atoms with Gasteiger partial charge in [0.05, 0.1) is 17.7 Å². The highest BCUT2D eigenvalue weighted by Crippen LogP contribution is 2.25. The lowest BCUT2D eigenvalue weighted by molar-refractivity contribution is -0.385. The Morgan fingerprint density at radius 2 is 2.14 bits per heavy atom. The van der Waals surface area contributed by atoms with Crippen LogP contribution in [-0.4, -0.2) is 46.7 Å². The molecule has 1 aromatic rings. The van der Waals surface area contributed by atoms with E-state index in [4.69, 9.17) is 0 Å². The molecule has 0 radical (unpaired) electrons. The van der Waals surface area contributed by atoms with Gasteiger partial charge in [-0.25, -0.2) is 5.43 Å². The van der Waals surface area contributed by atoms with Crippen LogP contribution in [0.1, 0.15) is 18.4 Å². The average Bonchev–Trinajstić information content (AvgIpc) is 2.93. The fourth-order valence-electron chi connectivity index (χ4n) is 2.12. The van der Waals surface area contributed by atoms with Crippen LogP contribution in [0.25, 0.3) is 0 Å². The highest BCUT2D eigenvalue weighted by molar-refractivity contribution is 5.85. The van der Waals surface area contributed by atoms with Crippen molar-refractivity contribution in [2.24, 2.45) is 5.10 Å². The van der Waals surface area contributed by atoms with E-state index in [0.29, 0.717) is 12.1 Å². The first-order valence-corrected chi connectivity index (χ1v) is 6.58. The van der Waals surface area contributed by atoms with Gasteiger partial charge in [0, 0.05) is 11.6 Å². The zero-order chi connectivity index (χ0) is 15.2. The molecule has 1 amide bonds. The minimum absolute atomic E-state index is 0. The molecule has 8 nitrogen and oxygen atoms in total. The van der Waals surface area contributed by atoms with E-state index in [1.165, 1.54) is 24.4 Å². The van der Waals surface area contributed by atoms with Crippen LogP contribution in [0.3, 0.4) is 0 Å². The first-order valence-electron chi connectivity index (χ1n) is 6.58. The van der Waals surface area contributed by atoms with Crippen molar-refractivity contribution < 1.29 is 14.8 Å². The third-order valence-electron chi connectivity index (χ3n) is 3.16. The SMILES string of the molecule is Cl.O=C(CN1CCCC1)NN=Cc1ccc(O)c([N+](=O)[O-])c1. The van der Waals surface area contributed by atoms with Crippen molar-refractivity contribution >= 4 is 30.2 Å². The molecule has 0 saturated carbocycles. The van der Waals surface area contributed by atoms with Crippen molar-refractivity contribution in [2.45, 2.75) is 12.8 Å². The molecule has 0 spiro atoms. The number of benzene rings is 1. The van der Waals surface area contributed by atoms with Crippen LogP contribution < -0.4 is 5.43 Å². The van der Waals surface area contributed by atoms with Crippen LogP contribution in [0.4, 0.5) is 5.69 Å². The Morgan fingerprint density at radius 3 is 2.77 bits per heavy atom. The number of hydrogen-bond donors (Lipinski definition) is 2. The number of carbonyl (C=O) groups excluding carboxylic acids is 1. The van der Waals surface area contributed by atoms with E-state index in [1.54, 1.807) is 0 Å². The number of nitro groups is 1. The molecule has 1 aliphatic rings. The number of nitro benzene ring substituents is 1. The van der Waals surface area contributed by atoms with Gasteiger partial charge in [0.2, 0.25) is 0 Å². The maximum absolute atomic E-state index is 11.6. The van der Waals surface area contributed by atoms with Gasteiger partial charge in [-0.15, -0.1) is 12.4 Å². The lowest BCUT2D eigenvalue weighted by Crippen LogP contribution is -2.33. The van der Waals surface area contributed by atoms with E-state index in [2.05, 4.69) is 10.5 Å². The lowest BCUT2D eigenvalue weighted by Gasteiger charge is -2.12. The van der Waals surface area contributed by atoms with Crippen molar-refractivity contribution in [3.63, 3.8) is 0 Å². The summed E-state index contributed by atoms with van der Waals surface area (Å²) in [5, 5.41) is 23.8. The Balaban J connectivity index is 0.00000242. The van der Waals surface area contributed by atoms with Crippen LogP contribution in [0.5, 0.6) is 5.75 Å². The van der Waals surface area contributed by atoms with Crippen molar-refractivity contribution in [3.05, 3.63) is 33.9 Å². The number of phenolic OH excluding ortho intramolecular Hbond substituents is 1.